The van der Waals surface area contributed by atoms with Gasteiger partial charge in [-0.05, 0) is 61.1 Å². The highest BCUT2D eigenvalue weighted by molar-refractivity contribution is 14.1. The van der Waals surface area contributed by atoms with Crippen LogP contribution in [-0.4, -0.2) is 10.9 Å². The van der Waals surface area contributed by atoms with E-state index in [9.17, 15) is 4.79 Å². The number of hydrogen-bond acceptors (Lipinski definition) is 3. The molecule has 0 unspecified atom stereocenters. The molecule has 0 aliphatic heterocycles. The van der Waals surface area contributed by atoms with Crippen LogP contribution in [-0.2, 0) is 0 Å². The fourth-order valence-corrected chi connectivity index (χ4v) is 2.85. The third-order valence-corrected chi connectivity index (χ3v) is 4.92. The van der Waals surface area contributed by atoms with Gasteiger partial charge in [-0.25, -0.2) is 4.98 Å². The van der Waals surface area contributed by atoms with Crippen LogP contribution in [0.3, 0.4) is 0 Å². The first kappa shape index (κ1) is 13.5. The number of aromatic nitrogens is 1. The summed E-state index contributed by atoms with van der Waals surface area (Å²) in [5.41, 5.74) is 2.67. The van der Waals surface area contributed by atoms with Gasteiger partial charge in [-0.15, -0.1) is 11.3 Å². The standard InChI is InChI=1S/C13H13IN2OS/c1-7-10(5-4-6-11(7)14)12(17)16-13-15-8(2)9(3)18-13/h4-6H,1-3H3,(H,15,16,17). The average Bonchev–Trinajstić information content (AvgIpc) is 2.61. The van der Waals surface area contributed by atoms with Gasteiger partial charge in [0.1, 0.15) is 0 Å². The van der Waals surface area contributed by atoms with E-state index in [1.165, 1.54) is 11.3 Å². The number of nitrogens with one attached hydrogen (secondary N) is 1. The Morgan fingerprint density at radius 1 is 1.33 bits per heavy atom. The zero-order chi connectivity index (χ0) is 13.3. The van der Waals surface area contributed by atoms with Crippen LogP contribution >= 0.6 is 33.9 Å². The molecule has 0 bridgehead atoms. The van der Waals surface area contributed by atoms with E-state index in [-0.39, 0.29) is 5.91 Å². The smallest absolute Gasteiger partial charge is 0.257 e. The predicted molar refractivity (Wildman–Crippen MR) is 83.4 cm³/mol. The molecule has 0 saturated heterocycles. The van der Waals surface area contributed by atoms with E-state index >= 15 is 0 Å². The average molecular weight is 372 g/mol. The van der Waals surface area contributed by atoms with Gasteiger partial charge in [0.05, 0.1) is 5.69 Å². The maximum Gasteiger partial charge on any atom is 0.257 e. The molecule has 1 amide bonds. The molecular weight excluding hydrogens is 359 g/mol. The maximum absolute atomic E-state index is 12.2. The number of aryl methyl sites for hydroxylation is 2. The lowest BCUT2D eigenvalue weighted by Crippen LogP contribution is -2.13. The third kappa shape index (κ3) is 2.72. The molecule has 2 aromatic rings. The summed E-state index contributed by atoms with van der Waals surface area (Å²) in [5.74, 6) is -0.0974. The van der Waals surface area contributed by atoms with Crippen LogP contribution < -0.4 is 5.32 Å². The minimum atomic E-state index is -0.0974. The molecule has 1 heterocycles. The van der Waals surface area contributed by atoms with Gasteiger partial charge in [0.2, 0.25) is 0 Å². The Morgan fingerprint density at radius 3 is 2.67 bits per heavy atom. The van der Waals surface area contributed by atoms with Gasteiger partial charge < -0.3 is 0 Å². The zero-order valence-corrected chi connectivity index (χ0v) is 13.3. The zero-order valence-electron chi connectivity index (χ0n) is 10.4. The minimum Gasteiger partial charge on any atom is -0.298 e. The molecule has 0 atom stereocenters. The van der Waals surface area contributed by atoms with Crippen molar-refractivity contribution >= 4 is 45.0 Å². The first-order chi connectivity index (χ1) is 8.49. The summed E-state index contributed by atoms with van der Waals surface area (Å²) in [6, 6.07) is 5.71. The van der Waals surface area contributed by atoms with Gasteiger partial charge in [0, 0.05) is 14.0 Å². The van der Waals surface area contributed by atoms with E-state index in [1.807, 2.05) is 39.0 Å². The lowest BCUT2D eigenvalue weighted by molar-refractivity contribution is 0.102. The fourth-order valence-electron chi connectivity index (χ4n) is 1.54. The molecule has 94 valence electrons. The molecular formula is C13H13IN2OS. The molecule has 0 fully saturated rings. The Hall–Kier alpha value is -0.950. The second kappa shape index (κ2) is 5.36. The number of rotatable bonds is 2. The van der Waals surface area contributed by atoms with Gasteiger partial charge in [-0.1, -0.05) is 6.07 Å². The van der Waals surface area contributed by atoms with Crippen LogP contribution in [0.4, 0.5) is 5.13 Å². The maximum atomic E-state index is 12.2. The first-order valence-corrected chi connectivity index (χ1v) is 7.39. The summed E-state index contributed by atoms with van der Waals surface area (Å²) < 4.78 is 1.09. The third-order valence-electron chi connectivity index (χ3n) is 2.76. The van der Waals surface area contributed by atoms with Crippen LogP contribution in [0, 0.1) is 24.3 Å². The van der Waals surface area contributed by atoms with Gasteiger partial charge in [-0.2, -0.15) is 0 Å². The Kier molecular flexibility index (Phi) is 4.01. The van der Waals surface area contributed by atoms with Crippen molar-refractivity contribution in [2.45, 2.75) is 20.8 Å². The number of thiazole rings is 1. The van der Waals surface area contributed by atoms with Gasteiger partial charge in [-0.3, -0.25) is 10.1 Å². The largest absolute Gasteiger partial charge is 0.298 e. The molecule has 0 aliphatic carbocycles. The van der Waals surface area contributed by atoms with E-state index in [0.29, 0.717) is 10.7 Å². The van der Waals surface area contributed by atoms with Gasteiger partial charge in [0.15, 0.2) is 5.13 Å². The number of halogens is 1. The minimum absolute atomic E-state index is 0.0974. The molecule has 3 nitrogen and oxygen atoms in total. The summed E-state index contributed by atoms with van der Waals surface area (Å²) in [6.07, 6.45) is 0. The van der Waals surface area contributed by atoms with Crippen molar-refractivity contribution in [3.05, 3.63) is 43.5 Å². The summed E-state index contributed by atoms with van der Waals surface area (Å²) in [4.78, 5) is 17.6. The van der Waals surface area contributed by atoms with Crippen LogP contribution in [0.5, 0.6) is 0 Å². The van der Waals surface area contributed by atoms with Crippen LogP contribution in [0.15, 0.2) is 18.2 Å². The Bertz CT molecular complexity index is 588. The van der Waals surface area contributed by atoms with E-state index in [4.69, 9.17) is 0 Å². The predicted octanol–water partition coefficient (Wildman–Crippen LogP) is 3.93. The van der Waals surface area contributed by atoms with Gasteiger partial charge in [0.25, 0.3) is 5.91 Å². The Morgan fingerprint density at radius 2 is 2.06 bits per heavy atom. The fraction of sp³-hybridized carbons (Fsp3) is 0.231. The summed E-state index contributed by atoms with van der Waals surface area (Å²) in [7, 11) is 0. The topological polar surface area (TPSA) is 42.0 Å². The van der Waals surface area contributed by atoms with Crippen molar-refractivity contribution in [1.29, 1.82) is 0 Å². The van der Waals surface area contributed by atoms with Crippen LogP contribution in [0.1, 0.15) is 26.5 Å². The number of amides is 1. The van der Waals surface area contributed by atoms with Crippen LogP contribution in [0.25, 0.3) is 0 Å². The monoisotopic (exact) mass is 372 g/mol. The van der Waals surface area contributed by atoms with Crippen LogP contribution in [0.2, 0.25) is 0 Å². The number of benzene rings is 1. The second-order valence-corrected chi connectivity index (χ2v) is 6.39. The van der Waals surface area contributed by atoms with Crippen molar-refractivity contribution in [1.82, 2.24) is 4.98 Å². The van der Waals surface area contributed by atoms with Crippen molar-refractivity contribution in [2.24, 2.45) is 0 Å². The molecule has 2 rings (SSSR count). The van der Waals surface area contributed by atoms with E-state index < -0.39 is 0 Å². The van der Waals surface area contributed by atoms with E-state index in [1.54, 1.807) is 0 Å². The molecule has 0 radical (unpaired) electrons. The summed E-state index contributed by atoms with van der Waals surface area (Å²) in [6.45, 7) is 5.90. The van der Waals surface area contributed by atoms with Crippen molar-refractivity contribution in [3.8, 4) is 0 Å². The number of hydrogen-bond donors (Lipinski definition) is 1. The number of carbonyl (C=O) groups is 1. The molecule has 0 spiro atoms. The molecule has 1 aromatic heterocycles. The lowest BCUT2D eigenvalue weighted by atomic mass is 10.1. The quantitative estimate of drug-likeness (QED) is 0.812. The molecule has 0 saturated carbocycles. The van der Waals surface area contributed by atoms with E-state index in [0.717, 1.165) is 19.7 Å². The summed E-state index contributed by atoms with van der Waals surface area (Å²) >= 11 is 3.73. The molecule has 5 heteroatoms. The molecule has 1 N–H and O–H groups in total. The Labute approximate surface area is 124 Å². The van der Waals surface area contributed by atoms with Crippen molar-refractivity contribution in [3.63, 3.8) is 0 Å². The van der Waals surface area contributed by atoms with Gasteiger partial charge >= 0.3 is 0 Å². The second-order valence-electron chi connectivity index (χ2n) is 4.03. The lowest BCUT2D eigenvalue weighted by Gasteiger charge is -2.06. The molecule has 18 heavy (non-hydrogen) atoms. The highest BCUT2D eigenvalue weighted by atomic mass is 127. The number of carbonyl (C=O) groups excluding carboxylic acids is 1. The van der Waals surface area contributed by atoms with Crippen molar-refractivity contribution in [2.75, 3.05) is 5.32 Å². The van der Waals surface area contributed by atoms with E-state index in [2.05, 4.69) is 32.9 Å². The highest BCUT2D eigenvalue weighted by Crippen LogP contribution is 2.23. The number of anilines is 1. The Balaban J connectivity index is 2.24. The first-order valence-electron chi connectivity index (χ1n) is 5.49. The highest BCUT2D eigenvalue weighted by Gasteiger charge is 2.13. The van der Waals surface area contributed by atoms with Crippen molar-refractivity contribution < 1.29 is 4.79 Å². The number of nitrogens with zero attached hydrogens (tertiary/aromatic N) is 1. The molecule has 0 aliphatic rings. The SMILES string of the molecule is Cc1nc(NC(=O)c2cccc(I)c2C)sc1C. The summed E-state index contributed by atoms with van der Waals surface area (Å²) in [5, 5.41) is 3.51. The molecule has 1 aromatic carbocycles. The normalized spacial score (nSPS) is 10.4.